The smallest absolute Gasteiger partial charge is 0.215 e. The molecular formula is C22H22Cl2N4O2S2. The van der Waals surface area contributed by atoms with E-state index in [-0.39, 0.29) is 6.10 Å². The Balaban J connectivity index is 1.45. The summed E-state index contributed by atoms with van der Waals surface area (Å²) in [6, 6.07) is 13.5. The lowest BCUT2D eigenvalue weighted by Gasteiger charge is -2.30. The number of nitrogens with one attached hydrogen (secondary N) is 2. The fourth-order valence-electron chi connectivity index (χ4n) is 3.39. The number of ether oxygens (including phenoxy) is 2. The molecule has 168 valence electrons. The molecule has 0 spiro atoms. The maximum atomic E-state index is 6.53. The van der Waals surface area contributed by atoms with Crippen molar-refractivity contribution in [2.75, 3.05) is 24.7 Å². The van der Waals surface area contributed by atoms with Gasteiger partial charge in [-0.3, -0.25) is 0 Å². The summed E-state index contributed by atoms with van der Waals surface area (Å²) in [7, 11) is 1.79. The molecule has 0 aliphatic carbocycles. The van der Waals surface area contributed by atoms with Crippen molar-refractivity contribution in [1.29, 1.82) is 0 Å². The number of hydrogen-bond donors (Lipinski definition) is 2. The van der Waals surface area contributed by atoms with E-state index in [1.165, 1.54) is 0 Å². The van der Waals surface area contributed by atoms with E-state index in [0.717, 1.165) is 21.9 Å². The van der Waals surface area contributed by atoms with E-state index in [1.807, 2.05) is 29.0 Å². The second-order valence-electron chi connectivity index (χ2n) is 7.20. The van der Waals surface area contributed by atoms with Crippen molar-refractivity contribution in [3.8, 4) is 0 Å². The van der Waals surface area contributed by atoms with E-state index >= 15 is 0 Å². The number of rotatable bonds is 7. The largest absolute Gasteiger partial charge is 0.366 e. The first kappa shape index (κ1) is 23.4. The Bertz CT molecular complexity index is 1070. The third-order valence-electron chi connectivity index (χ3n) is 4.93. The van der Waals surface area contributed by atoms with E-state index in [2.05, 4.69) is 27.8 Å². The van der Waals surface area contributed by atoms with Gasteiger partial charge in [0.15, 0.2) is 5.11 Å². The number of thiocarbonyl (C=S) groups is 1. The van der Waals surface area contributed by atoms with Crippen molar-refractivity contribution in [2.24, 2.45) is 0 Å². The minimum Gasteiger partial charge on any atom is -0.366 e. The van der Waals surface area contributed by atoms with Crippen LogP contribution in [0.25, 0.3) is 0 Å². The summed E-state index contributed by atoms with van der Waals surface area (Å²) in [6.45, 7) is 0.887. The molecule has 1 saturated heterocycles. The molecule has 0 saturated carbocycles. The molecule has 0 bridgehead atoms. The molecule has 0 radical (unpaired) electrons. The highest BCUT2D eigenvalue weighted by molar-refractivity contribution is 7.99. The van der Waals surface area contributed by atoms with Gasteiger partial charge in [0.2, 0.25) is 5.79 Å². The molecule has 1 aliphatic rings. The zero-order chi connectivity index (χ0) is 22.6. The minimum absolute atomic E-state index is 0.107. The molecule has 6 nitrogen and oxygen atoms in total. The molecule has 4 rings (SSSR count). The Labute approximate surface area is 206 Å². The maximum absolute atomic E-state index is 6.53. The summed E-state index contributed by atoms with van der Waals surface area (Å²) in [6.07, 6.45) is 5.22. The zero-order valence-corrected chi connectivity index (χ0v) is 20.4. The van der Waals surface area contributed by atoms with Gasteiger partial charge in [0, 0.05) is 46.4 Å². The van der Waals surface area contributed by atoms with Gasteiger partial charge in [-0.25, -0.2) is 4.98 Å². The molecule has 1 aromatic heterocycles. The van der Waals surface area contributed by atoms with Crippen LogP contribution in [0.15, 0.2) is 66.1 Å². The third-order valence-corrected chi connectivity index (χ3v) is 6.92. The summed E-state index contributed by atoms with van der Waals surface area (Å²) >= 11 is 19.5. The molecule has 3 aromatic rings. The SMILES string of the molecule is CNC(=S)Nc1ccc(SCC2COC(Cn3ccnc3)(c3ccc(Cl)cc3Cl)O2)cc1. The Morgan fingerprint density at radius 3 is 2.78 bits per heavy atom. The van der Waals surface area contributed by atoms with Gasteiger partial charge in [0.25, 0.3) is 0 Å². The first-order valence-corrected chi connectivity index (χ1v) is 12.1. The van der Waals surface area contributed by atoms with E-state index in [0.29, 0.717) is 28.3 Å². The van der Waals surface area contributed by atoms with Crippen molar-refractivity contribution in [1.82, 2.24) is 14.9 Å². The van der Waals surface area contributed by atoms with Crippen LogP contribution in [0.2, 0.25) is 10.0 Å². The van der Waals surface area contributed by atoms with Crippen LogP contribution in [0.5, 0.6) is 0 Å². The first-order chi connectivity index (χ1) is 15.5. The number of halogens is 2. The lowest BCUT2D eigenvalue weighted by molar-refractivity contribution is -0.184. The number of hydrogen-bond acceptors (Lipinski definition) is 5. The summed E-state index contributed by atoms with van der Waals surface area (Å²) in [5.74, 6) is -0.275. The molecule has 2 atom stereocenters. The predicted octanol–water partition coefficient (Wildman–Crippen LogP) is 5.17. The van der Waals surface area contributed by atoms with E-state index in [4.69, 9.17) is 44.9 Å². The average Bonchev–Trinajstić information content (AvgIpc) is 3.44. The van der Waals surface area contributed by atoms with Crippen LogP contribution in [0.3, 0.4) is 0 Å². The first-order valence-electron chi connectivity index (χ1n) is 9.92. The minimum atomic E-state index is -1.01. The molecule has 1 fully saturated rings. The van der Waals surface area contributed by atoms with Gasteiger partial charge in [0.1, 0.15) is 0 Å². The normalized spacial score (nSPS) is 20.3. The van der Waals surface area contributed by atoms with E-state index in [9.17, 15) is 0 Å². The fourth-order valence-corrected chi connectivity index (χ4v) is 4.93. The molecule has 2 N–H and O–H groups in total. The Morgan fingerprint density at radius 2 is 2.09 bits per heavy atom. The second kappa shape index (κ2) is 10.4. The number of imidazole rings is 1. The standard InChI is InChI=1S/C22H22Cl2N4O2S2/c1-25-21(31)27-16-3-5-18(6-4-16)32-12-17-11-29-22(30-17,13-28-9-8-26-14-28)19-7-2-15(23)10-20(19)24/h2-10,14,17H,11-13H2,1H3,(H2,25,27,31). The Morgan fingerprint density at radius 1 is 1.28 bits per heavy atom. The summed E-state index contributed by atoms with van der Waals surface area (Å²) in [4.78, 5) is 5.26. The topological polar surface area (TPSA) is 60.3 Å². The number of aromatic nitrogens is 2. The van der Waals surface area contributed by atoms with Crippen LogP contribution < -0.4 is 10.6 Å². The average molecular weight is 509 g/mol. The molecular weight excluding hydrogens is 487 g/mol. The molecule has 2 aromatic carbocycles. The van der Waals surface area contributed by atoms with Gasteiger partial charge >= 0.3 is 0 Å². The Hall–Kier alpha value is -1.81. The lowest BCUT2D eigenvalue weighted by Crippen LogP contribution is -2.34. The highest BCUT2D eigenvalue weighted by Crippen LogP contribution is 2.41. The van der Waals surface area contributed by atoms with Gasteiger partial charge in [-0.15, -0.1) is 11.8 Å². The van der Waals surface area contributed by atoms with Gasteiger partial charge < -0.3 is 24.7 Å². The van der Waals surface area contributed by atoms with Crippen molar-refractivity contribution in [3.63, 3.8) is 0 Å². The van der Waals surface area contributed by atoms with Crippen molar-refractivity contribution in [3.05, 3.63) is 76.8 Å². The fraction of sp³-hybridized carbons (Fsp3) is 0.273. The van der Waals surface area contributed by atoms with Crippen LogP contribution in [-0.4, -0.2) is 40.2 Å². The van der Waals surface area contributed by atoms with Crippen molar-refractivity contribution >= 4 is 58.0 Å². The van der Waals surface area contributed by atoms with Crippen molar-refractivity contribution in [2.45, 2.75) is 23.3 Å². The molecule has 2 heterocycles. The van der Waals surface area contributed by atoms with Crippen LogP contribution in [-0.2, 0) is 21.8 Å². The number of nitrogens with zero attached hydrogens (tertiary/aromatic N) is 2. The predicted molar refractivity (Wildman–Crippen MR) is 134 cm³/mol. The highest BCUT2D eigenvalue weighted by atomic mass is 35.5. The van der Waals surface area contributed by atoms with E-state index in [1.54, 1.807) is 43.5 Å². The number of thioether (sulfide) groups is 1. The van der Waals surface area contributed by atoms with Crippen LogP contribution in [0, 0.1) is 0 Å². The van der Waals surface area contributed by atoms with Crippen LogP contribution >= 0.6 is 47.2 Å². The van der Waals surface area contributed by atoms with Gasteiger partial charge in [0.05, 0.1) is 30.6 Å². The van der Waals surface area contributed by atoms with Gasteiger partial charge in [-0.05, 0) is 48.6 Å². The number of anilines is 1. The summed E-state index contributed by atoms with van der Waals surface area (Å²) in [5, 5.41) is 7.66. The second-order valence-corrected chi connectivity index (χ2v) is 9.55. The highest BCUT2D eigenvalue weighted by Gasteiger charge is 2.45. The molecule has 1 aliphatic heterocycles. The summed E-state index contributed by atoms with van der Waals surface area (Å²) in [5.41, 5.74) is 1.69. The maximum Gasteiger partial charge on any atom is 0.215 e. The van der Waals surface area contributed by atoms with Gasteiger partial charge in [-0.2, -0.15) is 0 Å². The molecule has 0 amide bonds. The van der Waals surface area contributed by atoms with Gasteiger partial charge in [-0.1, -0.05) is 29.3 Å². The summed E-state index contributed by atoms with van der Waals surface area (Å²) < 4.78 is 14.7. The van der Waals surface area contributed by atoms with Crippen LogP contribution in [0.4, 0.5) is 5.69 Å². The Kier molecular flexibility index (Phi) is 7.60. The van der Waals surface area contributed by atoms with Crippen LogP contribution in [0.1, 0.15) is 5.56 Å². The molecule has 32 heavy (non-hydrogen) atoms. The molecule has 2 unspecified atom stereocenters. The lowest BCUT2D eigenvalue weighted by atomic mass is 10.1. The van der Waals surface area contributed by atoms with Crippen molar-refractivity contribution < 1.29 is 9.47 Å². The monoisotopic (exact) mass is 508 g/mol. The zero-order valence-electron chi connectivity index (χ0n) is 17.3. The number of benzene rings is 2. The quantitative estimate of drug-likeness (QED) is 0.337. The third kappa shape index (κ3) is 5.57. The molecule has 10 heteroatoms. The van der Waals surface area contributed by atoms with E-state index < -0.39 is 5.79 Å².